The Kier molecular flexibility index (Phi) is 4.00. The minimum atomic E-state index is -0.220. The Morgan fingerprint density at radius 2 is 1.95 bits per heavy atom. The van der Waals surface area contributed by atoms with E-state index >= 15 is 0 Å². The van der Waals surface area contributed by atoms with E-state index in [1.165, 1.54) is 0 Å². The van der Waals surface area contributed by atoms with Gasteiger partial charge < -0.3 is 0 Å². The highest BCUT2D eigenvalue weighted by Crippen LogP contribution is 2.37. The van der Waals surface area contributed by atoms with Gasteiger partial charge in [0.05, 0.1) is 4.83 Å². The third-order valence-electron chi connectivity index (χ3n) is 3.46. The summed E-state index contributed by atoms with van der Waals surface area (Å²) in [6, 6.07) is 13.3. The second-order valence-electron chi connectivity index (χ2n) is 5.00. The Balaban J connectivity index is 2.05. The molecule has 1 aliphatic heterocycles. The van der Waals surface area contributed by atoms with Crippen molar-refractivity contribution in [1.82, 2.24) is 0 Å². The summed E-state index contributed by atoms with van der Waals surface area (Å²) in [5.74, 6) is 0.144. The molecule has 2 nitrogen and oxygen atoms in total. The zero-order valence-electron chi connectivity index (χ0n) is 11.4. The lowest BCUT2D eigenvalue weighted by Crippen LogP contribution is -2.11. The van der Waals surface area contributed by atoms with Crippen molar-refractivity contribution in [1.29, 1.82) is 0 Å². The third kappa shape index (κ3) is 2.83. The fourth-order valence-corrected chi connectivity index (χ4v) is 3.71. The first-order valence-corrected chi connectivity index (χ1v) is 8.41. The van der Waals surface area contributed by atoms with Crippen LogP contribution in [-0.4, -0.2) is 16.4 Å². The number of Topliss-reactive ketones (excluding diaryl/α,β-unsaturated/α-hetero) is 2. The molecule has 0 saturated heterocycles. The molecule has 0 amide bonds. The van der Waals surface area contributed by atoms with Crippen LogP contribution in [0, 0.1) is 0 Å². The largest absolute Gasteiger partial charge is 0.294 e. The van der Waals surface area contributed by atoms with E-state index in [0.717, 1.165) is 20.9 Å². The van der Waals surface area contributed by atoms with E-state index in [-0.39, 0.29) is 16.4 Å². The lowest BCUT2D eigenvalue weighted by Gasteiger charge is -2.08. The topological polar surface area (TPSA) is 34.1 Å². The molecule has 0 aromatic heterocycles. The second kappa shape index (κ2) is 5.78. The van der Waals surface area contributed by atoms with Gasteiger partial charge in [0.1, 0.15) is 0 Å². The number of hydrogen-bond donors (Lipinski definition) is 0. The average molecular weight is 361 g/mol. The van der Waals surface area contributed by atoms with Gasteiger partial charge in [-0.05, 0) is 30.7 Å². The van der Waals surface area contributed by atoms with Crippen LogP contribution in [0.25, 0.3) is 0 Å². The average Bonchev–Trinajstić information content (AvgIpc) is 2.61. The van der Waals surface area contributed by atoms with E-state index in [2.05, 4.69) is 15.9 Å². The van der Waals surface area contributed by atoms with Gasteiger partial charge in [0.25, 0.3) is 0 Å². The molecule has 106 valence electrons. The van der Waals surface area contributed by atoms with Crippen molar-refractivity contribution in [3.05, 3.63) is 59.2 Å². The van der Waals surface area contributed by atoms with Gasteiger partial charge in [0.2, 0.25) is 0 Å². The number of benzene rings is 2. The number of hydrogen-bond acceptors (Lipinski definition) is 3. The van der Waals surface area contributed by atoms with Crippen LogP contribution in [0.3, 0.4) is 0 Å². The normalized spacial score (nSPS) is 14.9. The minimum absolute atomic E-state index is 0.0389. The molecule has 0 saturated carbocycles. The highest BCUT2D eigenvalue weighted by Gasteiger charge is 2.21. The standard InChI is InChI=1S/C17H13BrO2S/c1-10(18)17(20)11-6-7-15-12(8-11)9-14(19)13-4-2-3-5-16(13)21-15/h2-8,10H,9H2,1H3. The summed E-state index contributed by atoms with van der Waals surface area (Å²) in [6.45, 7) is 1.81. The second-order valence-corrected chi connectivity index (χ2v) is 7.46. The molecule has 1 heterocycles. The first kappa shape index (κ1) is 14.5. The minimum Gasteiger partial charge on any atom is -0.294 e. The van der Waals surface area contributed by atoms with Crippen molar-refractivity contribution in [2.45, 2.75) is 28.0 Å². The predicted molar refractivity (Wildman–Crippen MR) is 87.8 cm³/mol. The smallest absolute Gasteiger partial charge is 0.176 e. The Morgan fingerprint density at radius 3 is 2.71 bits per heavy atom. The maximum atomic E-state index is 12.4. The summed E-state index contributed by atoms with van der Waals surface area (Å²) in [5.41, 5.74) is 2.35. The van der Waals surface area contributed by atoms with Gasteiger partial charge in [-0.15, -0.1) is 0 Å². The van der Waals surface area contributed by atoms with Crippen LogP contribution in [-0.2, 0) is 6.42 Å². The molecule has 3 rings (SSSR count). The third-order valence-corrected chi connectivity index (χ3v) is 5.07. The molecular weight excluding hydrogens is 348 g/mol. The fraction of sp³-hybridized carbons (Fsp3) is 0.176. The van der Waals surface area contributed by atoms with Crippen LogP contribution < -0.4 is 0 Å². The van der Waals surface area contributed by atoms with Crippen molar-refractivity contribution >= 4 is 39.3 Å². The molecule has 1 aliphatic rings. The van der Waals surface area contributed by atoms with E-state index in [1.807, 2.05) is 49.4 Å². The summed E-state index contributed by atoms with van der Waals surface area (Å²) in [4.78, 5) is 26.3. The van der Waals surface area contributed by atoms with E-state index in [9.17, 15) is 9.59 Å². The van der Waals surface area contributed by atoms with Gasteiger partial charge in [-0.25, -0.2) is 0 Å². The molecule has 2 aromatic rings. The summed E-state index contributed by atoms with van der Waals surface area (Å²) in [6.07, 6.45) is 0.344. The first-order valence-electron chi connectivity index (χ1n) is 6.67. The fourth-order valence-electron chi connectivity index (χ4n) is 2.37. The summed E-state index contributed by atoms with van der Waals surface area (Å²) in [5, 5.41) is 0. The molecule has 4 heteroatoms. The van der Waals surface area contributed by atoms with Crippen LogP contribution in [0.5, 0.6) is 0 Å². The number of rotatable bonds is 2. The maximum Gasteiger partial charge on any atom is 0.176 e. The number of alkyl halides is 1. The molecule has 0 bridgehead atoms. The summed E-state index contributed by atoms with van der Waals surface area (Å²) >= 11 is 4.89. The van der Waals surface area contributed by atoms with Crippen molar-refractivity contribution in [2.75, 3.05) is 0 Å². The van der Waals surface area contributed by atoms with Gasteiger partial charge in [-0.3, -0.25) is 9.59 Å². The van der Waals surface area contributed by atoms with Gasteiger partial charge in [0.15, 0.2) is 11.6 Å². The van der Waals surface area contributed by atoms with E-state index < -0.39 is 0 Å². The first-order chi connectivity index (χ1) is 10.1. The van der Waals surface area contributed by atoms with E-state index in [1.54, 1.807) is 11.8 Å². The highest BCUT2D eigenvalue weighted by atomic mass is 79.9. The molecule has 0 aliphatic carbocycles. The van der Waals surface area contributed by atoms with E-state index in [4.69, 9.17) is 0 Å². The quantitative estimate of drug-likeness (QED) is 0.582. The van der Waals surface area contributed by atoms with Crippen molar-refractivity contribution < 1.29 is 9.59 Å². The highest BCUT2D eigenvalue weighted by molar-refractivity contribution is 9.10. The maximum absolute atomic E-state index is 12.4. The Hall–Kier alpha value is -1.39. The van der Waals surface area contributed by atoms with Crippen LogP contribution in [0.2, 0.25) is 0 Å². The Morgan fingerprint density at radius 1 is 1.19 bits per heavy atom. The molecule has 0 fully saturated rings. The van der Waals surface area contributed by atoms with Gasteiger partial charge in [-0.1, -0.05) is 52.0 Å². The molecule has 1 atom stereocenters. The molecule has 21 heavy (non-hydrogen) atoms. The lowest BCUT2D eigenvalue weighted by molar-refractivity contribution is 0.0981. The van der Waals surface area contributed by atoms with Crippen LogP contribution in [0.4, 0.5) is 0 Å². The summed E-state index contributed by atoms with van der Waals surface area (Å²) in [7, 11) is 0. The molecular formula is C17H13BrO2S. The Bertz CT molecular complexity index is 737. The number of halogens is 1. The van der Waals surface area contributed by atoms with Gasteiger partial charge >= 0.3 is 0 Å². The van der Waals surface area contributed by atoms with E-state index in [0.29, 0.717) is 12.0 Å². The molecule has 0 spiro atoms. The zero-order chi connectivity index (χ0) is 15.0. The Labute approximate surface area is 136 Å². The van der Waals surface area contributed by atoms with Gasteiger partial charge in [-0.2, -0.15) is 0 Å². The van der Waals surface area contributed by atoms with Crippen molar-refractivity contribution in [3.8, 4) is 0 Å². The van der Waals surface area contributed by atoms with Crippen molar-refractivity contribution in [2.24, 2.45) is 0 Å². The predicted octanol–water partition coefficient (Wildman–Crippen LogP) is 4.54. The number of carbonyl (C=O) groups excluding carboxylic acids is 2. The lowest BCUT2D eigenvalue weighted by atomic mass is 9.99. The number of ketones is 2. The zero-order valence-corrected chi connectivity index (χ0v) is 13.8. The summed E-state index contributed by atoms with van der Waals surface area (Å²) < 4.78 is 0. The SMILES string of the molecule is CC(Br)C(=O)c1ccc2c(c1)CC(=O)c1ccccc1S2. The number of carbonyl (C=O) groups is 2. The van der Waals surface area contributed by atoms with Gasteiger partial charge in [0, 0.05) is 27.3 Å². The van der Waals surface area contributed by atoms with Crippen LogP contribution >= 0.6 is 27.7 Å². The van der Waals surface area contributed by atoms with Crippen molar-refractivity contribution in [3.63, 3.8) is 0 Å². The van der Waals surface area contributed by atoms with Crippen LogP contribution in [0.15, 0.2) is 52.3 Å². The monoisotopic (exact) mass is 360 g/mol. The molecule has 2 aromatic carbocycles. The molecule has 1 unspecified atom stereocenters. The molecule has 0 radical (unpaired) electrons. The van der Waals surface area contributed by atoms with Crippen LogP contribution in [0.1, 0.15) is 33.2 Å². The molecule has 0 N–H and O–H groups in total. The number of fused-ring (bicyclic) bond motifs is 2.